The van der Waals surface area contributed by atoms with Crippen molar-refractivity contribution in [3.05, 3.63) is 98.8 Å². The molecule has 0 bridgehead atoms. The summed E-state index contributed by atoms with van der Waals surface area (Å²) < 4.78 is 34.4. The first kappa shape index (κ1) is 20.5. The molecule has 0 radical (unpaired) electrons. The topological polar surface area (TPSA) is 77.1 Å². The number of amides is 1. The maximum absolute atomic E-state index is 14.6. The van der Waals surface area contributed by atoms with Crippen LogP contribution < -0.4 is 10.9 Å². The second-order valence-corrected chi connectivity index (χ2v) is 7.26. The highest BCUT2D eigenvalue weighted by Crippen LogP contribution is 2.22. The number of hydrogen-bond acceptors (Lipinski definition) is 4. The number of carbonyl (C=O) groups is 1. The number of nitrogens with one attached hydrogen (secondary N) is 1. The van der Waals surface area contributed by atoms with Crippen molar-refractivity contribution in [2.24, 2.45) is 0 Å². The number of halogens is 2. The van der Waals surface area contributed by atoms with Gasteiger partial charge in [-0.2, -0.15) is 0 Å². The number of rotatable bonds is 5. The number of benzene rings is 2. The molecular formula is C23H19F2N3O3. The van der Waals surface area contributed by atoms with E-state index in [1.54, 1.807) is 32.0 Å². The molecule has 0 aliphatic heterocycles. The molecule has 0 unspecified atom stereocenters. The molecular weight excluding hydrogens is 404 g/mol. The Morgan fingerprint density at radius 1 is 1.13 bits per heavy atom. The Bertz CT molecular complexity index is 1360. The van der Waals surface area contributed by atoms with Gasteiger partial charge >= 0.3 is 0 Å². The molecule has 1 N–H and O–H groups in total. The van der Waals surface area contributed by atoms with E-state index in [4.69, 9.17) is 4.52 Å². The second kappa shape index (κ2) is 8.14. The van der Waals surface area contributed by atoms with E-state index in [1.165, 1.54) is 34.9 Å². The lowest BCUT2D eigenvalue weighted by Crippen LogP contribution is -2.31. The van der Waals surface area contributed by atoms with E-state index in [0.717, 1.165) is 0 Å². The zero-order chi connectivity index (χ0) is 22.1. The average Bonchev–Trinajstić information content (AvgIpc) is 3.14. The summed E-state index contributed by atoms with van der Waals surface area (Å²) in [7, 11) is 0. The van der Waals surface area contributed by atoms with Gasteiger partial charge in [-0.15, -0.1) is 0 Å². The number of aryl methyl sites for hydroxylation is 1. The van der Waals surface area contributed by atoms with Gasteiger partial charge in [0.25, 0.3) is 11.5 Å². The van der Waals surface area contributed by atoms with Crippen LogP contribution in [0.2, 0.25) is 0 Å². The van der Waals surface area contributed by atoms with Crippen molar-refractivity contribution in [2.45, 2.75) is 26.9 Å². The van der Waals surface area contributed by atoms with E-state index >= 15 is 0 Å². The maximum Gasteiger partial charge on any atom is 0.262 e. The fourth-order valence-corrected chi connectivity index (χ4v) is 3.62. The van der Waals surface area contributed by atoms with Crippen LogP contribution >= 0.6 is 0 Å². The first-order valence-electron chi connectivity index (χ1n) is 9.61. The third kappa shape index (κ3) is 3.96. The molecule has 0 saturated carbocycles. The third-order valence-electron chi connectivity index (χ3n) is 5.07. The number of pyridine rings is 1. The Morgan fingerprint density at radius 2 is 1.90 bits per heavy atom. The molecule has 4 aromatic rings. The quantitative estimate of drug-likeness (QED) is 0.529. The van der Waals surface area contributed by atoms with E-state index in [1.807, 2.05) is 0 Å². The molecule has 6 nitrogen and oxygen atoms in total. The lowest BCUT2D eigenvalue weighted by Gasteiger charge is -2.17. The predicted molar refractivity (Wildman–Crippen MR) is 111 cm³/mol. The third-order valence-corrected chi connectivity index (χ3v) is 5.07. The molecule has 0 aliphatic carbocycles. The van der Waals surface area contributed by atoms with E-state index in [2.05, 4.69) is 10.5 Å². The van der Waals surface area contributed by atoms with Crippen LogP contribution in [0.3, 0.4) is 0 Å². The standard InChI is InChI=1S/C23H19F2N3O3/c1-13-9-17(27-31-13)12-28-14(2)20(18-7-4-8-19(25)21(18)23(28)30)22(29)26-11-15-5-3-6-16(24)10-15/h3-10H,11-12H2,1-2H3,(H,26,29). The van der Waals surface area contributed by atoms with Crippen LogP contribution in [0.25, 0.3) is 10.8 Å². The lowest BCUT2D eigenvalue weighted by atomic mass is 10.0. The summed E-state index contributed by atoms with van der Waals surface area (Å²) in [5.74, 6) is -1.05. The molecule has 0 atom stereocenters. The molecule has 2 heterocycles. The van der Waals surface area contributed by atoms with E-state index in [-0.39, 0.29) is 29.4 Å². The number of aromatic nitrogens is 2. The first-order chi connectivity index (χ1) is 14.8. The van der Waals surface area contributed by atoms with Gasteiger partial charge in [0, 0.05) is 23.7 Å². The van der Waals surface area contributed by atoms with Crippen molar-refractivity contribution >= 4 is 16.7 Å². The molecule has 2 aromatic heterocycles. The fraction of sp³-hybridized carbons (Fsp3) is 0.174. The van der Waals surface area contributed by atoms with Crippen molar-refractivity contribution in [1.29, 1.82) is 0 Å². The number of nitrogens with zero attached hydrogens (tertiary/aromatic N) is 2. The van der Waals surface area contributed by atoms with Crippen LogP contribution in [0.4, 0.5) is 8.78 Å². The maximum atomic E-state index is 14.6. The van der Waals surface area contributed by atoms with Crippen molar-refractivity contribution in [3.8, 4) is 0 Å². The zero-order valence-electron chi connectivity index (χ0n) is 16.9. The van der Waals surface area contributed by atoms with Crippen molar-refractivity contribution < 1.29 is 18.1 Å². The highest BCUT2D eigenvalue weighted by atomic mass is 19.1. The first-order valence-corrected chi connectivity index (χ1v) is 9.61. The van der Waals surface area contributed by atoms with E-state index < -0.39 is 23.1 Å². The minimum absolute atomic E-state index is 0.0243. The van der Waals surface area contributed by atoms with Crippen LogP contribution in [-0.2, 0) is 13.1 Å². The molecule has 0 saturated heterocycles. The minimum Gasteiger partial charge on any atom is -0.361 e. The van der Waals surface area contributed by atoms with Crippen molar-refractivity contribution in [3.63, 3.8) is 0 Å². The summed E-state index contributed by atoms with van der Waals surface area (Å²) in [6, 6.07) is 11.7. The lowest BCUT2D eigenvalue weighted by molar-refractivity contribution is 0.0951. The Labute approximate surface area is 176 Å². The second-order valence-electron chi connectivity index (χ2n) is 7.26. The average molecular weight is 423 g/mol. The molecule has 1 amide bonds. The van der Waals surface area contributed by atoms with Crippen LogP contribution in [-0.4, -0.2) is 15.6 Å². The van der Waals surface area contributed by atoms with E-state index in [9.17, 15) is 18.4 Å². The Balaban J connectivity index is 1.80. The number of carbonyl (C=O) groups excluding carboxylic acids is 1. The largest absolute Gasteiger partial charge is 0.361 e. The SMILES string of the molecule is Cc1cc(Cn2c(C)c(C(=O)NCc3cccc(F)c3)c3cccc(F)c3c2=O)no1. The smallest absolute Gasteiger partial charge is 0.262 e. The van der Waals surface area contributed by atoms with Gasteiger partial charge in [0.1, 0.15) is 23.1 Å². The van der Waals surface area contributed by atoms with Crippen LogP contribution in [0, 0.1) is 25.5 Å². The molecule has 0 fully saturated rings. The number of fused-ring (bicyclic) bond motifs is 1. The van der Waals surface area contributed by atoms with Gasteiger partial charge < -0.3 is 14.4 Å². The Morgan fingerprint density at radius 3 is 2.61 bits per heavy atom. The predicted octanol–water partition coefficient (Wildman–Crippen LogP) is 3.86. The molecule has 8 heteroatoms. The van der Waals surface area contributed by atoms with Crippen LogP contribution in [0.1, 0.15) is 33.1 Å². The minimum atomic E-state index is -0.716. The molecule has 158 valence electrons. The van der Waals surface area contributed by atoms with Crippen LogP contribution in [0.15, 0.2) is 57.8 Å². The molecule has 4 rings (SSSR count). The Hall–Kier alpha value is -3.81. The van der Waals surface area contributed by atoms with Gasteiger partial charge in [-0.05, 0) is 37.6 Å². The summed E-state index contributed by atoms with van der Waals surface area (Å²) in [6.45, 7) is 3.44. The fourth-order valence-electron chi connectivity index (χ4n) is 3.62. The summed E-state index contributed by atoms with van der Waals surface area (Å²) in [5, 5.41) is 6.66. The van der Waals surface area contributed by atoms with Gasteiger partial charge in [0.2, 0.25) is 0 Å². The summed E-state index contributed by atoms with van der Waals surface area (Å²) in [4.78, 5) is 26.2. The summed E-state index contributed by atoms with van der Waals surface area (Å²) in [5.41, 5.74) is 1.02. The van der Waals surface area contributed by atoms with Crippen molar-refractivity contribution in [2.75, 3.05) is 0 Å². The molecule has 31 heavy (non-hydrogen) atoms. The van der Waals surface area contributed by atoms with Gasteiger partial charge in [-0.3, -0.25) is 9.59 Å². The zero-order valence-corrected chi connectivity index (χ0v) is 16.9. The van der Waals surface area contributed by atoms with Gasteiger partial charge in [-0.25, -0.2) is 8.78 Å². The Kier molecular flexibility index (Phi) is 5.37. The van der Waals surface area contributed by atoms with Gasteiger partial charge in [0.05, 0.1) is 17.5 Å². The highest BCUT2D eigenvalue weighted by molar-refractivity contribution is 6.07. The summed E-state index contributed by atoms with van der Waals surface area (Å²) >= 11 is 0. The molecule has 0 aliphatic rings. The summed E-state index contributed by atoms with van der Waals surface area (Å²) in [6.07, 6.45) is 0. The van der Waals surface area contributed by atoms with Gasteiger partial charge in [-0.1, -0.05) is 29.4 Å². The molecule has 2 aromatic carbocycles. The van der Waals surface area contributed by atoms with Gasteiger partial charge in [0.15, 0.2) is 0 Å². The number of hydrogen-bond donors (Lipinski definition) is 1. The normalized spacial score (nSPS) is 11.1. The monoisotopic (exact) mass is 423 g/mol. The van der Waals surface area contributed by atoms with Crippen molar-refractivity contribution in [1.82, 2.24) is 15.0 Å². The molecule has 0 spiro atoms. The highest BCUT2D eigenvalue weighted by Gasteiger charge is 2.22. The van der Waals surface area contributed by atoms with E-state index in [0.29, 0.717) is 22.7 Å². The van der Waals surface area contributed by atoms with Crippen LogP contribution in [0.5, 0.6) is 0 Å².